The van der Waals surface area contributed by atoms with Crippen LogP contribution in [-0.2, 0) is 12.8 Å². The van der Waals surface area contributed by atoms with Crippen molar-refractivity contribution in [3.05, 3.63) is 86.5 Å². The van der Waals surface area contributed by atoms with Crippen molar-refractivity contribution in [2.75, 3.05) is 0 Å². The molecule has 0 saturated carbocycles. The van der Waals surface area contributed by atoms with E-state index in [0.29, 0.717) is 5.56 Å². The van der Waals surface area contributed by atoms with Crippen molar-refractivity contribution in [3.8, 4) is 0 Å². The minimum absolute atomic E-state index is 0.0841. The van der Waals surface area contributed by atoms with Gasteiger partial charge < -0.3 is 0 Å². The van der Waals surface area contributed by atoms with Crippen LogP contribution in [0.2, 0.25) is 0 Å². The Morgan fingerprint density at radius 1 is 1.11 bits per heavy atom. The van der Waals surface area contributed by atoms with Crippen LogP contribution in [-0.4, -0.2) is 17.0 Å². The highest BCUT2D eigenvalue weighted by molar-refractivity contribution is 6.04. The molecule has 0 heterocycles. The van der Waals surface area contributed by atoms with Gasteiger partial charge in [-0.2, -0.15) is 5.10 Å². The number of hydrogen-bond donors (Lipinski definition) is 1. The second kappa shape index (κ2) is 6.64. The molecule has 0 spiro atoms. The smallest absolute Gasteiger partial charge is 0.267 e. The Kier molecular flexibility index (Phi) is 4.16. The van der Waals surface area contributed by atoms with Crippen molar-refractivity contribution in [2.45, 2.75) is 19.8 Å². The van der Waals surface area contributed by atoms with Crippen molar-refractivity contribution < 1.29 is 9.72 Å². The second-order valence-electron chi connectivity index (χ2n) is 6.56. The van der Waals surface area contributed by atoms with E-state index in [2.05, 4.69) is 28.7 Å². The zero-order chi connectivity index (χ0) is 19.0. The highest BCUT2D eigenvalue weighted by Gasteiger charge is 2.18. The number of nitrogens with one attached hydrogen (secondary N) is 1. The average molecular weight is 359 g/mol. The monoisotopic (exact) mass is 359 g/mol. The molecule has 1 aliphatic carbocycles. The number of carbonyl (C=O) groups excluding carboxylic acids is 1. The van der Waals surface area contributed by atoms with Crippen LogP contribution in [0.4, 0.5) is 5.69 Å². The Morgan fingerprint density at radius 3 is 2.63 bits per heavy atom. The number of nitro benzene ring substituents is 1. The van der Waals surface area contributed by atoms with E-state index in [0.717, 1.165) is 23.8 Å². The molecular weight excluding hydrogens is 342 g/mol. The average Bonchev–Trinajstić information content (AvgIpc) is 3.08. The lowest BCUT2D eigenvalue weighted by Gasteiger charge is -2.06. The van der Waals surface area contributed by atoms with Gasteiger partial charge in [-0.15, -0.1) is 0 Å². The molecule has 0 aromatic heterocycles. The van der Waals surface area contributed by atoms with E-state index in [-0.39, 0.29) is 11.3 Å². The van der Waals surface area contributed by atoms with Gasteiger partial charge in [0.1, 0.15) is 0 Å². The third-order valence-electron chi connectivity index (χ3n) is 5.03. The first kappa shape index (κ1) is 16.9. The number of aryl methyl sites for hydroxylation is 2. The summed E-state index contributed by atoms with van der Waals surface area (Å²) in [7, 11) is 0. The van der Waals surface area contributed by atoms with Gasteiger partial charge in [-0.05, 0) is 47.7 Å². The number of hydrazone groups is 1. The molecule has 1 amide bonds. The van der Waals surface area contributed by atoms with Crippen LogP contribution in [0.1, 0.15) is 32.6 Å². The summed E-state index contributed by atoms with van der Waals surface area (Å²) >= 11 is 0. The van der Waals surface area contributed by atoms with E-state index in [9.17, 15) is 14.9 Å². The topological polar surface area (TPSA) is 84.6 Å². The van der Waals surface area contributed by atoms with Gasteiger partial charge in [0.15, 0.2) is 0 Å². The highest BCUT2D eigenvalue weighted by atomic mass is 16.6. The molecule has 6 nitrogen and oxygen atoms in total. The third kappa shape index (κ3) is 2.95. The van der Waals surface area contributed by atoms with Gasteiger partial charge >= 0.3 is 0 Å². The Labute approximate surface area is 155 Å². The van der Waals surface area contributed by atoms with Crippen molar-refractivity contribution >= 4 is 28.6 Å². The minimum atomic E-state index is -0.498. The summed E-state index contributed by atoms with van der Waals surface area (Å²) < 4.78 is 0. The summed E-state index contributed by atoms with van der Waals surface area (Å²) in [6.45, 7) is 1.56. The SMILES string of the molecule is Cc1c(C(=O)N/N=C\c2ccc3c4c(cccc24)CC3)cccc1[N+](=O)[O-]. The lowest BCUT2D eigenvalue weighted by Crippen LogP contribution is -2.19. The first-order valence-electron chi connectivity index (χ1n) is 8.67. The van der Waals surface area contributed by atoms with E-state index in [1.165, 1.54) is 28.6 Å². The first-order chi connectivity index (χ1) is 13.1. The summed E-state index contributed by atoms with van der Waals surface area (Å²) in [6.07, 6.45) is 3.72. The number of nitro groups is 1. The Bertz CT molecular complexity index is 1110. The summed E-state index contributed by atoms with van der Waals surface area (Å²) in [5.41, 5.74) is 6.55. The maximum Gasteiger partial charge on any atom is 0.273 e. The second-order valence-corrected chi connectivity index (χ2v) is 6.56. The van der Waals surface area contributed by atoms with Crippen LogP contribution in [0.25, 0.3) is 10.8 Å². The zero-order valence-electron chi connectivity index (χ0n) is 14.7. The number of amides is 1. The zero-order valence-corrected chi connectivity index (χ0v) is 14.7. The van der Waals surface area contributed by atoms with Crippen LogP contribution >= 0.6 is 0 Å². The van der Waals surface area contributed by atoms with Gasteiger partial charge in [-0.3, -0.25) is 14.9 Å². The molecule has 0 fully saturated rings. The third-order valence-corrected chi connectivity index (χ3v) is 5.03. The molecule has 1 N–H and O–H groups in total. The van der Waals surface area contributed by atoms with E-state index < -0.39 is 10.8 Å². The van der Waals surface area contributed by atoms with Gasteiger partial charge in [0, 0.05) is 17.2 Å². The fourth-order valence-corrected chi connectivity index (χ4v) is 3.67. The van der Waals surface area contributed by atoms with E-state index in [1.54, 1.807) is 19.2 Å². The normalized spacial score (nSPS) is 12.6. The predicted molar refractivity (Wildman–Crippen MR) is 104 cm³/mol. The summed E-state index contributed by atoms with van der Waals surface area (Å²) in [5, 5.41) is 17.5. The van der Waals surface area contributed by atoms with Crippen molar-refractivity contribution in [2.24, 2.45) is 5.10 Å². The number of benzene rings is 3. The molecule has 27 heavy (non-hydrogen) atoms. The Hall–Kier alpha value is -3.54. The number of hydrogen-bond acceptors (Lipinski definition) is 4. The molecule has 3 aromatic carbocycles. The molecule has 1 aliphatic rings. The van der Waals surface area contributed by atoms with Crippen LogP contribution in [0.15, 0.2) is 53.6 Å². The molecule has 0 saturated heterocycles. The fraction of sp³-hybridized carbons (Fsp3) is 0.143. The Morgan fingerprint density at radius 2 is 1.85 bits per heavy atom. The lowest BCUT2D eigenvalue weighted by molar-refractivity contribution is -0.385. The van der Waals surface area contributed by atoms with Crippen LogP contribution < -0.4 is 5.43 Å². The van der Waals surface area contributed by atoms with Gasteiger partial charge in [0.2, 0.25) is 0 Å². The van der Waals surface area contributed by atoms with E-state index in [1.807, 2.05) is 12.1 Å². The molecule has 0 aliphatic heterocycles. The molecule has 0 atom stereocenters. The van der Waals surface area contributed by atoms with Crippen molar-refractivity contribution in [1.82, 2.24) is 5.43 Å². The maximum atomic E-state index is 12.4. The van der Waals surface area contributed by atoms with Gasteiger partial charge in [-0.25, -0.2) is 5.43 Å². The van der Waals surface area contributed by atoms with Crippen LogP contribution in [0.5, 0.6) is 0 Å². The van der Waals surface area contributed by atoms with E-state index in [4.69, 9.17) is 0 Å². The summed E-state index contributed by atoms with van der Waals surface area (Å²) in [6, 6.07) is 14.8. The van der Waals surface area contributed by atoms with Gasteiger partial charge in [0.25, 0.3) is 11.6 Å². The first-order valence-corrected chi connectivity index (χ1v) is 8.67. The van der Waals surface area contributed by atoms with Crippen molar-refractivity contribution in [3.63, 3.8) is 0 Å². The van der Waals surface area contributed by atoms with Crippen LogP contribution in [0.3, 0.4) is 0 Å². The summed E-state index contributed by atoms with van der Waals surface area (Å²) in [4.78, 5) is 22.9. The minimum Gasteiger partial charge on any atom is -0.267 e. The molecule has 3 aromatic rings. The standard InChI is InChI=1S/C21H17N3O3/c1-13-17(5-3-7-19(13)24(26)27)21(25)23-22-12-16-11-10-15-9-8-14-4-2-6-18(16)20(14)15/h2-7,10-12H,8-9H2,1H3,(H,23,25)/b22-12-. The number of carbonyl (C=O) groups is 1. The number of rotatable bonds is 4. The highest BCUT2D eigenvalue weighted by Crippen LogP contribution is 2.32. The molecular formula is C21H17N3O3. The summed E-state index contributed by atoms with van der Waals surface area (Å²) in [5.74, 6) is -0.474. The predicted octanol–water partition coefficient (Wildman–Crippen LogP) is 3.92. The van der Waals surface area contributed by atoms with Crippen molar-refractivity contribution in [1.29, 1.82) is 0 Å². The maximum absolute atomic E-state index is 12.4. The molecule has 134 valence electrons. The lowest BCUT2D eigenvalue weighted by atomic mass is 10.0. The fourth-order valence-electron chi connectivity index (χ4n) is 3.67. The van der Waals surface area contributed by atoms with Gasteiger partial charge in [-0.1, -0.05) is 36.4 Å². The quantitative estimate of drug-likeness (QED) is 0.435. The molecule has 6 heteroatoms. The molecule has 0 radical (unpaired) electrons. The largest absolute Gasteiger partial charge is 0.273 e. The molecule has 4 rings (SSSR count). The molecule has 0 bridgehead atoms. The van der Waals surface area contributed by atoms with Gasteiger partial charge in [0.05, 0.1) is 16.7 Å². The number of nitrogens with zero attached hydrogens (tertiary/aromatic N) is 2. The molecule has 0 unspecified atom stereocenters. The van der Waals surface area contributed by atoms with E-state index >= 15 is 0 Å². The Balaban J connectivity index is 1.59. The van der Waals surface area contributed by atoms with Crippen LogP contribution in [0, 0.1) is 17.0 Å².